The first-order chi connectivity index (χ1) is 17.8. The summed E-state index contributed by atoms with van der Waals surface area (Å²) in [5.74, 6) is 0.799. The van der Waals surface area contributed by atoms with Crippen LogP contribution in [0, 0.1) is 0 Å². The van der Waals surface area contributed by atoms with Crippen LogP contribution in [-0.2, 0) is 21.5 Å². The average Bonchev–Trinajstić information content (AvgIpc) is 3.25. The molecule has 0 unspecified atom stereocenters. The Balaban J connectivity index is 1.73. The first-order valence-corrected chi connectivity index (χ1v) is 12.9. The lowest BCUT2D eigenvalue weighted by Crippen LogP contribution is -2.28. The molecule has 0 radical (unpaired) electrons. The van der Waals surface area contributed by atoms with Gasteiger partial charge in [0.2, 0.25) is 5.91 Å². The van der Waals surface area contributed by atoms with E-state index < -0.39 is 0 Å². The Morgan fingerprint density at radius 1 is 0.946 bits per heavy atom. The minimum Gasteiger partial charge on any atom is -0.497 e. The highest BCUT2D eigenvalue weighted by molar-refractivity contribution is 5.86. The van der Waals surface area contributed by atoms with Crippen molar-refractivity contribution in [2.24, 2.45) is 0 Å². The van der Waals surface area contributed by atoms with Crippen molar-refractivity contribution < 1.29 is 14.3 Å². The highest BCUT2D eigenvalue weighted by atomic mass is 16.5. The summed E-state index contributed by atoms with van der Waals surface area (Å²) in [5, 5.41) is 4.18. The molecule has 4 rings (SSSR count). The van der Waals surface area contributed by atoms with Crippen molar-refractivity contribution in [2.75, 3.05) is 27.4 Å². The molecule has 0 aliphatic rings. The number of carbonyl (C=O) groups is 1. The molecule has 1 N–H and O–H groups in total. The first-order valence-electron chi connectivity index (χ1n) is 12.9. The number of methoxy groups -OCH3 is 2. The predicted molar refractivity (Wildman–Crippen MR) is 151 cm³/mol. The summed E-state index contributed by atoms with van der Waals surface area (Å²) < 4.78 is 12.7. The molecule has 0 fully saturated rings. The van der Waals surface area contributed by atoms with Crippen molar-refractivity contribution in [3.63, 3.8) is 0 Å². The summed E-state index contributed by atoms with van der Waals surface area (Å²) in [6, 6.07) is 25.4. The third-order valence-corrected chi connectivity index (χ3v) is 6.90. The summed E-state index contributed by atoms with van der Waals surface area (Å²) in [4.78, 5) is 13.0. The van der Waals surface area contributed by atoms with Crippen molar-refractivity contribution in [1.29, 1.82) is 0 Å². The number of hydrogen-bond donors (Lipinski definition) is 1. The highest BCUT2D eigenvalue weighted by Crippen LogP contribution is 2.36. The molecule has 5 heteroatoms. The summed E-state index contributed by atoms with van der Waals surface area (Å²) in [6.07, 6.45) is 2.59. The topological polar surface area (TPSA) is 52.5 Å². The second kappa shape index (κ2) is 11.7. The molecule has 194 valence electrons. The number of amides is 1. The third-order valence-electron chi connectivity index (χ3n) is 6.90. The van der Waals surface area contributed by atoms with Gasteiger partial charge in [0.25, 0.3) is 0 Å². The lowest BCUT2D eigenvalue weighted by Gasteiger charge is -2.22. The molecule has 0 bridgehead atoms. The average molecular weight is 499 g/mol. The van der Waals surface area contributed by atoms with Gasteiger partial charge in [-0.1, -0.05) is 75.4 Å². The molecule has 0 aliphatic carbocycles. The molecule has 37 heavy (non-hydrogen) atoms. The van der Waals surface area contributed by atoms with Gasteiger partial charge in [-0.25, -0.2) is 0 Å². The second-order valence-corrected chi connectivity index (χ2v) is 10.5. The van der Waals surface area contributed by atoms with E-state index in [-0.39, 0.29) is 17.2 Å². The normalized spacial score (nSPS) is 12.5. The van der Waals surface area contributed by atoms with Crippen LogP contribution in [0.5, 0.6) is 5.75 Å². The maximum absolute atomic E-state index is 13.0. The van der Waals surface area contributed by atoms with E-state index in [1.54, 1.807) is 14.2 Å². The smallest absolute Gasteiger partial charge is 0.221 e. The van der Waals surface area contributed by atoms with Gasteiger partial charge < -0.3 is 19.4 Å². The summed E-state index contributed by atoms with van der Waals surface area (Å²) in [6.45, 7) is 8.39. The lowest BCUT2D eigenvalue weighted by atomic mass is 9.83. The second-order valence-electron chi connectivity index (χ2n) is 10.5. The van der Waals surface area contributed by atoms with Crippen LogP contribution in [0.1, 0.15) is 55.4 Å². The largest absolute Gasteiger partial charge is 0.497 e. The van der Waals surface area contributed by atoms with Crippen molar-refractivity contribution in [3.8, 4) is 5.75 Å². The molecule has 1 heterocycles. The van der Waals surface area contributed by atoms with E-state index in [0.29, 0.717) is 19.6 Å². The van der Waals surface area contributed by atoms with Gasteiger partial charge in [-0.15, -0.1) is 0 Å². The Morgan fingerprint density at radius 2 is 1.65 bits per heavy atom. The Kier molecular flexibility index (Phi) is 8.34. The van der Waals surface area contributed by atoms with Gasteiger partial charge in [0.15, 0.2) is 0 Å². The van der Waals surface area contributed by atoms with E-state index in [9.17, 15) is 4.79 Å². The van der Waals surface area contributed by atoms with Crippen molar-refractivity contribution in [3.05, 3.63) is 101 Å². The summed E-state index contributed by atoms with van der Waals surface area (Å²) in [5.41, 5.74) is 6.00. The molecule has 3 aromatic carbocycles. The molecule has 1 amide bonds. The zero-order valence-corrected chi connectivity index (χ0v) is 22.6. The Bertz CT molecular complexity index is 1320. The van der Waals surface area contributed by atoms with Gasteiger partial charge in [-0.05, 0) is 45.9 Å². The minimum atomic E-state index is -0.0708. The van der Waals surface area contributed by atoms with Gasteiger partial charge in [0.05, 0.1) is 13.7 Å². The molecule has 1 atom stereocenters. The van der Waals surface area contributed by atoms with Crippen molar-refractivity contribution in [1.82, 2.24) is 9.88 Å². The lowest BCUT2D eigenvalue weighted by molar-refractivity contribution is -0.121. The molecule has 0 saturated carbocycles. The number of para-hydroxylation sites is 1. The number of benzene rings is 3. The Morgan fingerprint density at radius 3 is 2.30 bits per heavy atom. The number of ether oxygens (including phenoxy) is 2. The molecule has 4 aromatic rings. The van der Waals surface area contributed by atoms with E-state index in [2.05, 4.69) is 97.5 Å². The van der Waals surface area contributed by atoms with E-state index >= 15 is 0 Å². The van der Waals surface area contributed by atoms with Crippen LogP contribution in [0.25, 0.3) is 10.9 Å². The fourth-order valence-corrected chi connectivity index (χ4v) is 4.78. The van der Waals surface area contributed by atoms with Crippen molar-refractivity contribution in [2.45, 2.75) is 45.1 Å². The number of carbonyl (C=O) groups excluding carboxylic acids is 1. The summed E-state index contributed by atoms with van der Waals surface area (Å²) >= 11 is 0. The first kappa shape index (κ1) is 26.5. The zero-order chi connectivity index (χ0) is 26.4. The molecule has 0 aliphatic heterocycles. The van der Waals surface area contributed by atoms with Gasteiger partial charge in [0, 0.05) is 49.6 Å². The standard InChI is InChI=1S/C32H38N2O3/c1-32(2,3)25-14-12-24(13-15-25)28(20-31(35)33-18-19-36-4)29-22-34(30-9-7-6-8-27(29)30)21-23-10-16-26(37-5)17-11-23/h6-17,22,28H,18-21H2,1-5H3,(H,33,35)/t28-/m0/s1. The van der Waals surface area contributed by atoms with E-state index in [1.165, 1.54) is 16.5 Å². The van der Waals surface area contributed by atoms with Crippen LogP contribution in [0.3, 0.4) is 0 Å². The van der Waals surface area contributed by atoms with Crippen LogP contribution in [0.15, 0.2) is 79.0 Å². The number of fused-ring (bicyclic) bond motifs is 1. The number of nitrogens with one attached hydrogen (secondary N) is 1. The fraction of sp³-hybridized carbons (Fsp3) is 0.344. The Hall–Kier alpha value is -3.57. The SMILES string of the molecule is COCCNC(=O)C[C@@H](c1ccc(C(C)(C)C)cc1)c1cn(Cc2ccc(OC)cc2)c2ccccc12. The van der Waals surface area contributed by atoms with Crippen LogP contribution >= 0.6 is 0 Å². The molecule has 0 saturated heterocycles. The molecule has 1 aromatic heterocycles. The minimum absolute atomic E-state index is 0.0222. The number of rotatable bonds is 10. The van der Waals surface area contributed by atoms with Crippen LogP contribution in [0.2, 0.25) is 0 Å². The van der Waals surface area contributed by atoms with Gasteiger partial charge in [0.1, 0.15) is 5.75 Å². The van der Waals surface area contributed by atoms with E-state index in [4.69, 9.17) is 9.47 Å². The molecule has 0 spiro atoms. The van der Waals surface area contributed by atoms with Gasteiger partial charge in [-0.3, -0.25) is 4.79 Å². The van der Waals surface area contributed by atoms with Crippen LogP contribution in [0.4, 0.5) is 0 Å². The Labute approximate surface area is 220 Å². The number of aromatic nitrogens is 1. The van der Waals surface area contributed by atoms with E-state index in [0.717, 1.165) is 28.9 Å². The molecular formula is C32H38N2O3. The third kappa shape index (κ3) is 6.41. The van der Waals surface area contributed by atoms with Gasteiger partial charge >= 0.3 is 0 Å². The molecule has 5 nitrogen and oxygen atoms in total. The molecular weight excluding hydrogens is 460 g/mol. The number of nitrogens with zero attached hydrogens (tertiary/aromatic N) is 1. The van der Waals surface area contributed by atoms with Crippen LogP contribution < -0.4 is 10.1 Å². The van der Waals surface area contributed by atoms with Gasteiger partial charge in [-0.2, -0.15) is 0 Å². The number of hydrogen-bond acceptors (Lipinski definition) is 3. The zero-order valence-electron chi connectivity index (χ0n) is 22.6. The fourth-order valence-electron chi connectivity index (χ4n) is 4.78. The van der Waals surface area contributed by atoms with Crippen molar-refractivity contribution >= 4 is 16.8 Å². The predicted octanol–water partition coefficient (Wildman–Crippen LogP) is 6.28. The van der Waals surface area contributed by atoms with E-state index in [1.807, 2.05) is 12.1 Å². The summed E-state index contributed by atoms with van der Waals surface area (Å²) in [7, 11) is 3.32. The quantitative estimate of drug-likeness (QED) is 0.262. The monoisotopic (exact) mass is 498 g/mol. The highest BCUT2D eigenvalue weighted by Gasteiger charge is 2.24. The maximum Gasteiger partial charge on any atom is 0.221 e. The van der Waals surface area contributed by atoms with Crippen LogP contribution in [-0.4, -0.2) is 37.8 Å². The maximum atomic E-state index is 13.0.